The van der Waals surface area contributed by atoms with E-state index in [0.29, 0.717) is 36.3 Å². The lowest BCUT2D eigenvalue weighted by atomic mass is 9.94. The van der Waals surface area contributed by atoms with Gasteiger partial charge in [-0.1, -0.05) is 0 Å². The molecule has 3 rings (SSSR count). The summed E-state index contributed by atoms with van der Waals surface area (Å²) in [6.45, 7) is 2.58. The van der Waals surface area contributed by atoms with E-state index in [2.05, 4.69) is 10.3 Å². The zero-order valence-electron chi connectivity index (χ0n) is 14.0. The maximum Gasteiger partial charge on any atom is 0.268 e. The van der Waals surface area contributed by atoms with E-state index in [9.17, 15) is 18.0 Å². The number of H-pyrrole nitrogens is 1. The molecule has 1 amide bonds. The number of carbonyl (C=O) groups is 2. The van der Waals surface area contributed by atoms with Crippen LogP contribution in [0.1, 0.15) is 57.8 Å². The Morgan fingerprint density at radius 1 is 1.29 bits per heavy atom. The molecule has 0 spiro atoms. The molecule has 7 nitrogen and oxygen atoms in total. The van der Waals surface area contributed by atoms with E-state index in [0.717, 1.165) is 31.4 Å². The third-order valence-corrected chi connectivity index (χ3v) is 6.12. The Hall–Kier alpha value is -1.67. The first-order valence-corrected chi connectivity index (χ1v) is 10.1. The summed E-state index contributed by atoms with van der Waals surface area (Å²) in [7, 11) is -3.25. The fraction of sp³-hybridized carbons (Fsp3) is 0.625. The average Bonchev–Trinajstić information content (AvgIpc) is 2.85. The van der Waals surface area contributed by atoms with Crippen LogP contribution in [0.5, 0.6) is 0 Å². The Morgan fingerprint density at radius 3 is 2.71 bits per heavy atom. The molecule has 8 heteroatoms. The number of nitrogens with zero attached hydrogens (tertiary/aromatic N) is 1. The van der Waals surface area contributed by atoms with Crippen molar-refractivity contribution in [3.05, 3.63) is 22.5 Å². The van der Waals surface area contributed by atoms with Gasteiger partial charge in [0.25, 0.3) is 5.91 Å². The molecule has 0 aromatic carbocycles. The highest BCUT2D eigenvalue weighted by atomic mass is 32.2. The van der Waals surface area contributed by atoms with E-state index >= 15 is 0 Å². The minimum Gasteiger partial charge on any atom is -0.354 e. The number of Topliss-reactive ketones (excluding diaryl/α,β-unsaturated/α-hetero) is 1. The van der Waals surface area contributed by atoms with Gasteiger partial charge in [-0.15, -0.1) is 0 Å². The van der Waals surface area contributed by atoms with Crippen LogP contribution in [0.25, 0.3) is 0 Å². The number of carbonyl (C=O) groups excluding carboxylic acids is 2. The molecule has 0 radical (unpaired) electrons. The van der Waals surface area contributed by atoms with Gasteiger partial charge in [-0.25, -0.2) is 12.7 Å². The zero-order valence-corrected chi connectivity index (χ0v) is 14.8. The van der Waals surface area contributed by atoms with Crippen molar-refractivity contribution >= 4 is 21.7 Å². The van der Waals surface area contributed by atoms with E-state index in [-0.39, 0.29) is 17.7 Å². The second-order valence-electron chi connectivity index (χ2n) is 6.69. The van der Waals surface area contributed by atoms with Gasteiger partial charge in [-0.2, -0.15) is 0 Å². The summed E-state index contributed by atoms with van der Waals surface area (Å²) in [4.78, 5) is 27.8. The number of ketones is 1. The van der Waals surface area contributed by atoms with Crippen LogP contribution in [-0.2, 0) is 16.4 Å². The SMILES string of the molecule is Cc1c(C(=O)NC2CCCN(S(C)(=O)=O)C2)[nH]c2c1C(=O)CCC2. The van der Waals surface area contributed by atoms with Crippen molar-refractivity contribution < 1.29 is 18.0 Å². The molecule has 1 aliphatic heterocycles. The average molecular weight is 353 g/mol. The normalized spacial score (nSPS) is 22.2. The monoisotopic (exact) mass is 353 g/mol. The fourth-order valence-electron chi connectivity index (χ4n) is 3.62. The molecule has 1 saturated heterocycles. The molecular formula is C16H23N3O4S. The van der Waals surface area contributed by atoms with Crippen LogP contribution in [0.2, 0.25) is 0 Å². The molecule has 1 aromatic rings. The van der Waals surface area contributed by atoms with Crippen molar-refractivity contribution in [1.82, 2.24) is 14.6 Å². The lowest BCUT2D eigenvalue weighted by Crippen LogP contribution is -2.49. The van der Waals surface area contributed by atoms with Crippen LogP contribution in [0, 0.1) is 6.92 Å². The molecule has 1 fully saturated rings. The number of amides is 1. The fourth-order valence-corrected chi connectivity index (χ4v) is 4.53. The number of hydrogen-bond donors (Lipinski definition) is 2. The summed E-state index contributed by atoms with van der Waals surface area (Å²) >= 11 is 0. The molecule has 24 heavy (non-hydrogen) atoms. The Bertz CT molecular complexity index is 781. The number of aromatic amines is 1. The van der Waals surface area contributed by atoms with Gasteiger partial charge in [0.2, 0.25) is 10.0 Å². The van der Waals surface area contributed by atoms with E-state index in [1.807, 2.05) is 0 Å². The first kappa shape index (κ1) is 17.2. The molecule has 0 bridgehead atoms. The number of aryl methyl sites for hydroxylation is 1. The molecule has 1 aliphatic carbocycles. The lowest BCUT2D eigenvalue weighted by molar-refractivity contribution is 0.0916. The molecular weight excluding hydrogens is 330 g/mol. The number of piperidine rings is 1. The number of rotatable bonds is 3. The van der Waals surface area contributed by atoms with Gasteiger partial charge < -0.3 is 10.3 Å². The smallest absolute Gasteiger partial charge is 0.268 e. The molecule has 2 N–H and O–H groups in total. The molecule has 1 atom stereocenters. The first-order chi connectivity index (χ1) is 11.3. The third-order valence-electron chi connectivity index (χ3n) is 4.85. The van der Waals surface area contributed by atoms with Crippen molar-refractivity contribution in [2.75, 3.05) is 19.3 Å². The van der Waals surface area contributed by atoms with Crippen molar-refractivity contribution in [3.63, 3.8) is 0 Å². The van der Waals surface area contributed by atoms with Gasteiger partial charge in [-0.05, 0) is 38.2 Å². The Labute approximate surface area is 141 Å². The van der Waals surface area contributed by atoms with Gasteiger partial charge in [0.05, 0.1) is 6.26 Å². The number of fused-ring (bicyclic) bond motifs is 1. The van der Waals surface area contributed by atoms with Gasteiger partial charge in [0.1, 0.15) is 5.69 Å². The minimum atomic E-state index is -3.25. The lowest BCUT2D eigenvalue weighted by Gasteiger charge is -2.31. The molecule has 2 heterocycles. The van der Waals surface area contributed by atoms with Gasteiger partial charge in [0.15, 0.2) is 5.78 Å². The predicted octanol–water partition coefficient (Wildman–Crippen LogP) is 0.996. The zero-order chi connectivity index (χ0) is 17.5. The van der Waals surface area contributed by atoms with Crippen LogP contribution < -0.4 is 5.32 Å². The maximum absolute atomic E-state index is 12.6. The molecule has 1 aromatic heterocycles. The van der Waals surface area contributed by atoms with E-state index in [1.54, 1.807) is 6.92 Å². The van der Waals surface area contributed by atoms with E-state index < -0.39 is 10.0 Å². The second-order valence-corrected chi connectivity index (χ2v) is 8.67. The van der Waals surface area contributed by atoms with Crippen LogP contribution >= 0.6 is 0 Å². The summed E-state index contributed by atoms with van der Waals surface area (Å²) in [5.74, 6) is -0.181. The summed E-state index contributed by atoms with van der Waals surface area (Å²) in [5, 5.41) is 2.91. The maximum atomic E-state index is 12.6. The molecule has 1 unspecified atom stereocenters. The largest absolute Gasteiger partial charge is 0.354 e. The van der Waals surface area contributed by atoms with Crippen LogP contribution in [0.3, 0.4) is 0 Å². The molecule has 0 saturated carbocycles. The van der Waals surface area contributed by atoms with Crippen molar-refractivity contribution in [2.45, 2.75) is 45.1 Å². The topological polar surface area (TPSA) is 99.3 Å². The number of aromatic nitrogens is 1. The van der Waals surface area contributed by atoms with Crippen LogP contribution in [-0.4, -0.2) is 54.8 Å². The Balaban J connectivity index is 1.75. The summed E-state index contributed by atoms with van der Waals surface area (Å²) in [6.07, 6.45) is 4.76. The summed E-state index contributed by atoms with van der Waals surface area (Å²) in [6, 6.07) is -0.212. The minimum absolute atomic E-state index is 0.0879. The van der Waals surface area contributed by atoms with Crippen molar-refractivity contribution in [1.29, 1.82) is 0 Å². The van der Waals surface area contributed by atoms with Gasteiger partial charge in [0, 0.05) is 36.8 Å². The number of sulfonamides is 1. The quantitative estimate of drug-likeness (QED) is 0.846. The van der Waals surface area contributed by atoms with E-state index in [1.165, 1.54) is 10.6 Å². The highest BCUT2D eigenvalue weighted by Crippen LogP contribution is 2.26. The predicted molar refractivity (Wildman–Crippen MR) is 89.7 cm³/mol. The Kier molecular flexibility index (Phi) is 4.52. The van der Waals surface area contributed by atoms with Crippen LogP contribution in [0.4, 0.5) is 0 Å². The summed E-state index contributed by atoms with van der Waals surface area (Å²) in [5.41, 5.74) is 2.62. The third kappa shape index (κ3) is 3.25. The Morgan fingerprint density at radius 2 is 2.04 bits per heavy atom. The summed E-state index contributed by atoms with van der Waals surface area (Å²) < 4.78 is 24.8. The van der Waals surface area contributed by atoms with Gasteiger partial charge in [-0.3, -0.25) is 9.59 Å². The number of hydrogen-bond acceptors (Lipinski definition) is 4. The van der Waals surface area contributed by atoms with E-state index in [4.69, 9.17) is 0 Å². The highest BCUT2D eigenvalue weighted by Gasteiger charge is 2.30. The van der Waals surface area contributed by atoms with Gasteiger partial charge >= 0.3 is 0 Å². The second kappa shape index (κ2) is 6.33. The van der Waals surface area contributed by atoms with Crippen molar-refractivity contribution in [2.24, 2.45) is 0 Å². The highest BCUT2D eigenvalue weighted by molar-refractivity contribution is 7.88. The molecule has 2 aliphatic rings. The van der Waals surface area contributed by atoms with Crippen LogP contribution in [0.15, 0.2) is 0 Å². The van der Waals surface area contributed by atoms with Crippen molar-refractivity contribution in [3.8, 4) is 0 Å². The standard InChI is InChI=1S/C16H23N3O4S/c1-10-14-12(6-3-7-13(14)20)18-15(10)16(21)17-11-5-4-8-19(9-11)24(2,22)23/h11,18H,3-9H2,1-2H3,(H,17,21). The molecule has 132 valence electrons. The number of nitrogens with one attached hydrogen (secondary N) is 2. The first-order valence-electron chi connectivity index (χ1n) is 8.28.